The Kier molecular flexibility index (Phi) is 4.77. The fraction of sp³-hybridized carbons (Fsp3) is 0.917. The maximum absolute atomic E-state index is 13.4. The van der Waals surface area contributed by atoms with E-state index in [2.05, 4.69) is 0 Å². The van der Waals surface area contributed by atoms with Crippen LogP contribution < -0.4 is 0 Å². The third-order valence-electron chi connectivity index (χ3n) is 2.12. The molecule has 1 atom stereocenters. The van der Waals surface area contributed by atoms with Crippen molar-refractivity contribution >= 4 is 6.09 Å². The zero-order valence-corrected chi connectivity index (χ0v) is 11.4. The molecule has 16 heavy (non-hydrogen) atoms. The largest absolute Gasteiger partial charge is 0.444 e. The lowest BCUT2D eigenvalue weighted by Crippen LogP contribution is -2.41. The molecule has 3 nitrogen and oxygen atoms in total. The number of nitrogens with zero attached hydrogens (tertiary/aromatic N) is 1. The molecule has 0 rings (SSSR count). The summed E-state index contributed by atoms with van der Waals surface area (Å²) in [5, 5.41) is 0. The van der Waals surface area contributed by atoms with Crippen LogP contribution >= 0.6 is 0 Å². The quantitative estimate of drug-likeness (QED) is 0.748. The average molecular weight is 233 g/mol. The molecule has 0 heterocycles. The molecule has 0 saturated heterocycles. The molecule has 0 aliphatic rings. The normalized spacial score (nSPS) is 14.5. The molecule has 1 amide bonds. The van der Waals surface area contributed by atoms with Gasteiger partial charge in [0, 0.05) is 19.5 Å². The molecule has 0 saturated carbocycles. The molecule has 96 valence electrons. The third kappa shape index (κ3) is 6.64. The summed E-state index contributed by atoms with van der Waals surface area (Å²) in [5.74, 6) is 0. The smallest absolute Gasteiger partial charge is 0.410 e. The molecule has 0 aliphatic heterocycles. The minimum absolute atomic E-state index is 0.185. The lowest BCUT2D eigenvalue weighted by Gasteiger charge is -2.30. The van der Waals surface area contributed by atoms with Gasteiger partial charge < -0.3 is 9.64 Å². The van der Waals surface area contributed by atoms with Crippen molar-refractivity contribution in [2.75, 3.05) is 7.05 Å². The van der Waals surface area contributed by atoms with Crippen molar-refractivity contribution in [1.82, 2.24) is 4.90 Å². The van der Waals surface area contributed by atoms with Crippen LogP contribution in [0, 0.1) is 0 Å². The van der Waals surface area contributed by atoms with Crippen molar-refractivity contribution in [3.63, 3.8) is 0 Å². The van der Waals surface area contributed by atoms with E-state index in [-0.39, 0.29) is 6.04 Å². The maximum atomic E-state index is 13.4. The molecular formula is C12H24FNO2. The number of alkyl halides is 1. The Morgan fingerprint density at radius 1 is 1.31 bits per heavy atom. The minimum atomic E-state index is -1.28. The van der Waals surface area contributed by atoms with E-state index in [1.54, 1.807) is 7.05 Å². The van der Waals surface area contributed by atoms with Crippen molar-refractivity contribution in [3.8, 4) is 0 Å². The first-order valence-electron chi connectivity index (χ1n) is 5.57. The van der Waals surface area contributed by atoms with E-state index in [0.29, 0.717) is 6.42 Å². The van der Waals surface area contributed by atoms with Crippen LogP contribution in [0.2, 0.25) is 0 Å². The summed E-state index contributed by atoms with van der Waals surface area (Å²) in [4.78, 5) is 13.1. The predicted octanol–water partition coefficient (Wildman–Crippen LogP) is 3.38. The van der Waals surface area contributed by atoms with Crippen LogP contribution in [0.4, 0.5) is 9.18 Å². The molecular weight excluding hydrogens is 209 g/mol. The number of hydrogen-bond acceptors (Lipinski definition) is 2. The summed E-state index contributed by atoms with van der Waals surface area (Å²) >= 11 is 0. The monoisotopic (exact) mass is 233 g/mol. The highest BCUT2D eigenvalue weighted by Crippen LogP contribution is 2.20. The molecule has 0 bridgehead atoms. The molecule has 0 unspecified atom stereocenters. The van der Waals surface area contributed by atoms with Gasteiger partial charge in [0.15, 0.2) is 0 Å². The highest BCUT2D eigenvalue weighted by Gasteiger charge is 2.27. The third-order valence-corrected chi connectivity index (χ3v) is 2.12. The lowest BCUT2D eigenvalue weighted by molar-refractivity contribution is 0.0186. The number of hydrogen-bond donors (Lipinski definition) is 0. The van der Waals surface area contributed by atoms with E-state index in [9.17, 15) is 9.18 Å². The van der Waals surface area contributed by atoms with Crippen molar-refractivity contribution in [1.29, 1.82) is 0 Å². The lowest BCUT2D eigenvalue weighted by atomic mass is 10.0. The van der Waals surface area contributed by atoms with Crippen LogP contribution in [0.25, 0.3) is 0 Å². The molecule has 0 aromatic rings. The standard InChI is InChI=1S/C12H24FNO2/c1-9(8-12(5,6)13)14(7)10(15)16-11(2,3)4/h9H,8H2,1-7H3/t9-/m0/s1. The highest BCUT2D eigenvalue weighted by molar-refractivity contribution is 5.68. The Bertz CT molecular complexity index is 240. The van der Waals surface area contributed by atoms with E-state index in [1.807, 2.05) is 27.7 Å². The summed E-state index contributed by atoms with van der Waals surface area (Å²) in [5.41, 5.74) is -1.80. The van der Waals surface area contributed by atoms with E-state index in [0.717, 1.165) is 0 Å². The first kappa shape index (κ1) is 15.2. The molecule has 0 aliphatic carbocycles. The van der Waals surface area contributed by atoms with Crippen molar-refractivity contribution in [3.05, 3.63) is 0 Å². The number of amides is 1. The maximum Gasteiger partial charge on any atom is 0.410 e. The van der Waals surface area contributed by atoms with Crippen molar-refractivity contribution in [2.45, 2.75) is 65.3 Å². The van der Waals surface area contributed by atoms with Crippen molar-refractivity contribution < 1.29 is 13.9 Å². The van der Waals surface area contributed by atoms with Crippen LogP contribution in [-0.2, 0) is 4.74 Å². The number of halogens is 1. The van der Waals surface area contributed by atoms with Crippen LogP contribution in [0.5, 0.6) is 0 Å². The Balaban J connectivity index is 4.34. The molecule has 0 aromatic carbocycles. The van der Waals surface area contributed by atoms with Gasteiger partial charge in [-0.2, -0.15) is 0 Å². The van der Waals surface area contributed by atoms with Gasteiger partial charge in [-0.05, 0) is 41.5 Å². The van der Waals surface area contributed by atoms with E-state index in [1.165, 1.54) is 18.7 Å². The van der Waals surface area contributed by atoms with Crippen LogP contribution in [0.1, 0.15) is 48.0 Å². The zero-order valence-electron chi connectivity index (χ0n) is 11.4. The molecule has 0 N–H and O–H groups in total. The number of ether oxygens (including phenoxy) is 1. The summed E-state index contributed by atoms with van der Waals surface area (Å²) < 4.78 is 18.6. The summed E-state index contributed by atoms with van der Waals surface area (Å²) in [7, 11) is 1.63. The summed E-state index contributed by atoms with van der Waals surface area (Å²) in [6, 6.07) is -0.185. The first-order valence-corrected chi connectivity index (χ1v) is 5.57. The van der Waals surface area contributed by atoms with Gasteiger partial charge in [0.2, 0.25) is 0 Å². The molecule has 0 radical (unpaired) electrons. The van der Waals surface area contributed by atoms with Crippen LogP contribution in [-0.4, -0.2) is 35.4 Å². The van der Waals surface area contributed by atoms with Crippen molar-refractivity contribution in [2.24, 2.45) is 0 Å². The summed E-state index contributed by atoms with van der Waals surface area (Å²) in [6.07, 6.45) is -0.118. The second kappa shape index (κ2) is 5.02. The first-order chi connectivity index (χ1) is 6.92. The number of rotatable bonds is 3. The van der Waals surface area contributed by atoms with Crippen LogP contribution in [0.15, 0.2) is 0 Å². The molecule has 0 fully saturated rings. The van der Waals surface area contributed by atoms with E-state index in [4.69, 9.17) is 4.74 Å². The Hall–Kier alpha value is -0.800. The fourth-order valence-electron chi connectivity index (χ4n) is 1.35. The fourth-order valence-corrected chi connectivity index (χ4v) is 1.35. The van der Waals surface area contributed by atoms with E-state index < -0.39 is 17.4 Å². The predicted molar refractivity (Wildman–Crippen MR) is 63.3 cm³/mol. The number of carbonyl (C=O) groups excluding carboxylic acids is 1. The van der Waals surface area contributed by atoms with Gasteiger partial charge >= 0.3 is 6.09 Å². The molecule has 0 aromatic heterocycles. The Labute approximate surface area is 98.0 Å². The number of carbonyl (C=O) groups is 1. The van der Waals surface area contributed by atoms with Gasteiger partial charge in [-0.15, -0.1) is 0 Å². The zero-order chi connectivity index (χ0) is 13.1. The average Bonchev–Trinajstić information content (AvgIpc) is 1.96. The van der Waals surface area contributed by atoms with E-state index >= 15 is 0 Å². The van der Waals surface area contributed by atoms with Crippen LogP contribution in [0.3, 0.4) is 0 Å². The topological polar surface area (TPSA) is 29.5 Å². The van der Waals surface area contributed by atoms with Gasteiger partial charge in [-0.25, -0.2) is 9.18 Å². The SMILES string of the molecule is C[C@@H](CC(C)(C)F)N(C)C(=O)OC(C)(C)C. The Morgan fingerprint density at radius 2 is 1.75 bits per heavy atom. The minimum Gasteiger partial charge on any atom is -0.444 e. The van der Waals surface area contributed by atoms with Gasteiger partial charge in [0.05, 0.1) is 0 Å². The second-order valence-corrected chi connectivity index (χ2v) is 5.86. The van der Waals surface area contributed by atoms with Gasteiger partial charge in [0.1, 0.15) is 11.3 Å². The second-order valence-electron chi connectivity index (χ2n) is 5.86. The summed E-state index contributed by atoms with van der Waals surface area (Å²) in [6.45, 7) is 10.2. The van der Waals surface area contributed by atoms with Gasteiger partial charge in [0.25, 0.3) is 0 Å². The molecule has 0 spiro atoms. The molecule has 4 heteroatoms. The highest BCUT2D eigenvalue weighted by atomic mass is 19.1. The Morgan fingerprint density at radius 3 is 2.06 bits per heavy atom. The van der Waals surface area contributed by atoms with Gasteiger partial charge in [-0.1, -0.05) is 0 Å². The van der Waals surface area contributed by atoms with Gasteiger partial charge in [-0.3, -0.25) is 0 Å².